The Morgan fingerprint density at radius 1 is 1.16 bits per heavy atom. The van der Waals surface area contributed by atoms with Crippen molar-refractivity contribution in [1.29, 1.82) is 0 Å². The van der Waals surface area contributed by atoms with Crippen LogP contribution in [0.4, 0.5) is 0 Å². The minimum atomic E-state index is 0.116. The zero-order valence-electron chi connectivity index (χ0n) is 15.0. The molecule has 1 aromatic rings. The van der Waals surface area contributed by atoms with E-state index in [0.717, 1.165) is 57.4 Å². The number of hydrogen-bond acceptors (Lipinski definition) is 4. The first-order valence-corrected chi connectivity index (χ1v) is 9.29. The van der Waals surface area contributed by atoms with Gasteiger partial charge in [0.1, 0.15) is 0 Å². The molecular weight excluding hydrogens is 316 g/mol. The summed E-state index contributed by atoms with van der Waals surface area (Å²) in [6.45, 7) is 5.90. The highest BCUT2D eigenvalue weighted by atomic mass is 16.2. The van der Waals surface area contributed by atoms with E-state index in [4.69, 9.17) is 0 Å². The van der Waals surface area contributed by atoms with Crippen molar-refractivity contribution >= 4 is 11.8 Å². The first-order chi connectivity index (χ1) is 12.1. The van der Waals surface area contributed by atoms with E-state index in [1.165, 1.54) is 0 Å². The van der Waals surface area contributed by atoms with E-state index in [1.54, 1.807) is 19.3 Å². The van der Waals surface area contributed by atoms with Gasteiger partial charge in [0.15, 0.2) is 0 Å². The second kappa shape index (κ2) is 8.43. The summed E-state index contributed by atoms with van der Waals surface area (Å²) in [5.74, 6) is 0.461. The van der Waals surface area contributed by atoms with Crippen LogP contribution in [0.1, 0.15) is 38.2 Å². The minimum absolute atomic E-state index is 0.116. The van der Waals surface area contributed by atoms with Gasteiger partial charge in [-0.1, -0.05) is 6.07 Å². The number of carbonyl (C=O) groups is 2. The summed E-state index contributed by atoms with van der Waals surface area (Å²) in [5, 5.41) is 3.04. The molecule has 6 heteroatoms. The van der Waals surface area contributed by atoms with Crippen molar-refractivity contribution < 1.29 is 9.59 Å². The summed E-state index contributed by atoms with van der Waals surface area (Å²) in [6.07, 6.45) is 7.48. The lowest BCUT2D eigenvalue weighted by Crippen LogP contribution is -2.49. The standard InChI is InChI=1S/C19H28N4O2/c1-15(24)22-11-6-18(7-12-22)23-9-4-17(5-10-23)19(25)21-14-16-3-2-8-20-13-16/h2-3,8,13,17-18H,4-7,9-12,14H2,1H3,(H,21,25). The Morgan fingerprint density at radius 2 is 1.88 bits per heavy atom. The maximum Gasteiger partial charge on any atom is 0.223 e. The normalized spacial score (nSPS) is 20.4. The van der Waals surface area contributed by atoms with Crippen LogP contribution in [0.25, 0.3) is 0 Å². The van der Waals surface area contributed by atoms with Gasteiger partial charge in [-0.25, -0.2) is 0 Å². The number of piperidine rings is 2. The fourth-order valence-corrected chi connectivity index (χ4v) is 3.91. The lowest BCUT2D eigenvalue weighted by Gasteiger charge is -2.41. The van der Waals surface area contributed by atoms with E-state index in [2.05, 4.69) is 15.2 Å². The molecule has 0 radical (unpaired) electrons. The monoisotopic (exact) mass is 344 g/mol. The summed E-state index contributed by atoms with van der Waals surface area (Å²) in [6, 6.07) is 4.43. The Bertz CT molecular complexity index is 576. The number of rotatable bonds is 4. The fourth-order valence-electron chi connectivity index (χ4n) is 3.91. The van der Waals surface area contributed by atoms with Gasteiger partial charge >= 0.3 is 0 Å². The van der Waals surface area contributed by atoms with Crippen molar-refractivity contribution in [3.05, 3.63) is 30.1 Å². The lowest BCUT2D eigenvalue weighted by molar-refractivity contribution is -0.131. The molecule has 2 amide bonds. The number of carbonyl (C=O) groups excluding carboxylic acids is 2. The molecule has 2 saturated heterocycles. The molecule has 6 nitrogen and oxygen atoms in total. The molecule has 0 unspecified atom stereocenters. The molecule has 0 aromatic carbocycles. The summed E-state index contributed by atoms with van der Waals surface area (Å²) in [4.78, 5) is 32.3. The van der Waals surface area contributed by atoms with Crippen LogP contribution in [0.5, 0.6) is 0 Å². The van der Waals surface area contributed by atoms with Crippen molar-refractivity contribution in [2.45, 2.75) is 45.2 Å². The third-order valence-electron chi connectivity index (χ3n) is 5.52. The van der Waals surface area contributed by atoms with Crippen molar-refractivity contribution in [3.63, 3.8) is 0 Å². The van der Waals surface area contributed by atoms with Gasteiger partial charge < -0.3 is 15.1 Å². The summed E-state index contributed by atoms with van der Waals surface area (Å²) < 4.78 is 0. The van der Waals surface area contributed by atoms with Gasteiger partial charge in [-0.15, -0.1) is 0 Å². The molecule has 1 N–H and O–H groups in total. The highest BCUT2D eigenvalue weighted by Crippen LogP contribution is 2.24. The molecule has 3 heterocycles. The molecule has 2 fully saturated rings. The Morgan fingerprint density at radius 3 is 2.48 bits per heavy atom. The summed E-state index contributed by atoms with van der Waals surface area (Å²) >= 11 is 0. The molecular formula is C19H28N4O2. The molecule has 0 atom stereocenters. The molecule has 0 aliphatic carbocycles. The predicted octanol–water partition coefficient (Wildman–Crippen LogP) is 1.42. The van der Waals surface area contributed by atoms with Crippen molar-refractivity contribution in [2.24, 2.45) is 5.92 Å². The third-order valence-corrected chi connectivity index (χ3v) is 5.52. The van der Waals surface area contributed by atoms with Crippen molar-refractivity contribution in [2.75, 3.05) is 26.2 Å². The highest BCUT2D eigenvalue weighted by Gasteiger charge is 2.30. The van der Waals surface area contributed by atoms with E-state index in [-0.39, 0.29) is 17.7 Å². The minimum Gasteiger partial charge on any atom is -0.352 e. The number of likely N-dealkylation sites (tertiary alicyclic amines) is 2. The highest BCUT2D eigenvalue weighted by molar-refractivity contribution is 5.78. The second-order valence-corrected chi connectivity index (χ2v) is 7.13. The lowest BCUT2D eigenvalue weighted by atomic mass is 9.92. The molecule has 2 aliphatic heterocycles. The summed E-state index contributed by atoms with van der Waals surface area (Å²) in [5.41, 5.74) is 1.03. The zero-order chi connectivity index (χ0) is 17.6. The van der Waals surface area contributed by atoms with Crippen LogP contribution in [0.3, 0.4) is 0 Å². The maximum atomic E-state index is 12.4. The Hall–Kier alpha value is -1.95. The smallest absolute Gasteiger partial charge is 0.223 e. The number of aromatic nitrogens is 1. The zero-order valence-corrected chi connectivity index (χ0v) is 15.0. The van der Waals surface area contributed by atoms with Crippen LogP contribution < -0.4 is 5.32 Å². The predicted molar refractivity (Wildman–Crippen MR) is 95.7 cm³/mol. The molecule has 0 spiro atoms. The topological polar surface area (TPSA) is 65.5 Å². The van der Waals surface area contributed by atoms with Crippen LogP contribution in [0.15, 0.2) is 24.5 Å². The van der Waals surface area contributed by atoms with Crippen LogP contribution in [-0.4, -0.2) is 58.8 Å². The first-order valence-electron chi connectivity index (χ1n) is 9.29. The largest absolute Gasteiger partial charge is 0.352 e. The number of nitrogens with zero attached hydrogens (tertiary/aromatic N) is 3. The summed E-state index contributed by atoms with van der Waals surface area (Å²) in [7, 11) is 0. The fraction of sp³-hybridized carbons (Fsp3) is 0.632. The van der Waals surface area contributed by atoms with E-state index >= 15 is 0 Å². The van der Waals surface area contributed by atoms with Gasteiger partial charge in [-0.3, -0.25) is 14.6 Å². The van der Waals surface area contributed by atoms with Crippen LogP contribution in [-0.2, 0) is 16.1 Å². The average Bonchev–Trinajstić information content (AvgIpc) is 2.67. The van der Waals surface area contributed by atoms with Gasteiger partial charge in [0.05, 0.1) is 0 Å². The van der Waals surface area contributed by atoms with Crippen LogP contribution >= 0.6 is 0 Å². The van der Waals surface area contributed by atoms with E-state index in [0.29, 0.717) is 12.6 Å². The third kappa shape index (κ3) is 4.78. The van der Waals surface area contributed by atoms with Gasteiger partial charge in [-0.05, 0) is 50.4 Å². The Labute approximate surface area is 149 Å². The second-order valence-electron chi connectivity index (χ2n) is 7.13. The van der Waals surface area contributed by atoms with Crippen molar-refractivity contribution in [1.82, 2.24) is 20.1 Å². The van der Waals surface area contributed by atoms with Gasteiger partial charge in [0.2, 0.25) is 11.8 Å². The number of nitrogens with one attached hydrogen (secondary N) is 1. The average molecular weight is 344 g/mol. The quantitative estimate of drug-likeness (QED) is 0.897. The van der Waals surface area contributed by atoms with Gasteiger partial charge in [0, 0.05) is 50.9 Å². The van der Waals surface area contributed by atoms with E-state index in [1.807, 2.05) is 17.0 Å². The SMILES string of the molecule is CC(=O)N1CCC(N2CCC(C(=O)NCc3cccnc3)CC2)CC1. The molecule has 0 saturated carbocycles. The molecule has 25 heavy (non-hydrogen) atoms. The molecule has 3 rings (SSSR count). The van der Waals surface area contributed by atoms with E-state index < -0.39 is 0 Å². The molecule has 2 aliphatic rings. The molecule has 136 valence electrons. The molecule has 0 bridgehead atoms. The number of hydrogen-bond donors (Lipinski definition) is 1. The first kappa shape index (κ1) is 17.9. The van der Waals surface area contributed by atoms with Crippen LogP contribution in [0.2, 0.25) is 0 Å². The van der Waals surface area contributed by atoms with Crippen molar-refractivity contribution in [3.8, 4) is 0 Å². The Kier molecular flexibility index (Phi) is 6.02. The van der Waals surface area contributed by atoms with Gasteiger partial charge in [-0.2, -0.15) is 0 Å². The number of pyridine rings is 1. The van der Waals surface area contributed by atoms with Crippen LogP contribution in [0, 0.1) is 5.92 Å². The Balaban J connectivity index is 1.40. The van der Waals surface area contributed by atoms with Gasteiger partial charge in [0.25, 0.3) is 0 Å². The van der Waals surface area contributed by atoms with E-state index in [9.17, 15) is 9.59 Å². The maximum absolute atomic E-state index is 12.4. The molecule has 1 aromatic heterocycles. The number of amides is 2.